The minimum Gasteiger partial charge on any atom is -0.459 e. The number of pyridine rings is 1. The number of nitrogens with zero attached hydrogens (tertiary/aromatic N) is 4. The number of hydrogen-bond acceptors (Lipinski definition) is 7. The van der Waals surface area contributed by atoms with E-state index in [9.17, 15) is 9.59 Å². The number of carbonyl (C=O) groups is 2. The van der Waals surface area contributed by atoms with Crippen molar-refractivity contribution in [1.29, 1.82) is 0 Å². The Hall–Kier alpha value is -3.04. The average Bonchev–Trinajstić information content (AvgIpc) is 3.34. The number of thiazole rings is 1. The Morgan fingerprint density at radius 1 is 1.26 bits per heavy atom. The normalized spacial score (nSPS) is 17.1. The molecule has 0 aliphatic carbocycles. The molecule has 8 nitrogen and oxygen atoms in total. The van der Waals surface area contributed by atoms with Crippen LogP contribution >= 0.6 is 11.3 Å². The Labute approximate surface area is 184 Å². The van der Waals surface area contributed by atoms with Gasteiger partial charge in [-0.05, 0) is 32.0 Å². The zero-order valence-electron chi connectivity index (χ0n) is 17.5. The Morgan fingerprint density at radius 2 is 2.13 bits per heavy atom. The van der Waals surface area contributed by atoms with Crippen LogP contribution in [0.4, 0.5) is 0 Å². The van der Waals surface area contributed by atoms with Crippen LogP contribution < -0.4 is 0 Å². The first kappa shape index (κ1) is 21.2. The van der Waals surface area contributed by atoms with Crippen LogP contribution in [0.3, 0.4) is 0 Å². The van der Waals surface area contributed by atoms with Crippen molar-refractivity contribution in [2.75, 3.05) is 19.6 Å². The first-order valence-electron chi connectivity index (χ1n) is 10.0. The molecule has 1 atom stereocenters. The lowest BCUT2D eigenvalue weighted by atomic mass is 10.2. The van der Waals surface area contributed by atoms with Crippen LogP contribution in [-0.4, -0.2) is 57.3 Å². The molecule has 0 N–H and O–H groups in total. The third-order valence-corrected chi connectivity index (χ3v) is 5.91. The van der Waals surface area contributed by atoms with Gasteiger partial charge in [0.15, 0.2) is 5.76 Å². The van der Waals surface area contributed by atoms with Crippen LogP contribution in [-0.2, 0) is 22.7 Å². The monoisotopic (exact) mass is 440 g/mol. The Balaban J connectivity index is 1.53. The standard InChI is InChI=1S/C22H24N4O4S/c1-15-6-8-29-21(15)22(28)26-11-19(30-13-17-5-3-4-7-23-17)10-25(20(27)12-26)9-18-14-31-16(2)24-18/h3-8,14,19H,9-13H2,1-2H3/t19-/m1/s1. The second-order valence-corrected chi connectivity index (χ2v) is 8.57. The number of furan rings is 1. The van der Waals surface area contributed by atoms with E-state index in [1.807, 2.05) is 37.4 Å². The summed E-state index contributed by atoms with van der Waals surface area (Å²) in [6.07, 6.45) is 2.82. The number of aromatic nitrogens is 2. The lowest BCUT2D eigenvalue weighted by Crippen LogP contribution is -2.39. The quantitative estimate of drug-likeness (QED) is 0.586. The SMILES string of the molecule is Cc1nc(CN2C[C@@H](OCc3ccccn3)CN(C(=O)c3occc3C)CC2=O)cs1. The number of aryl methyl sites for hydroxylation is 2. The molecule has 4 rings (SSSR count). The highest BCUT2D eigenvalue weighted by molar-refractivity contribution is 7.09. The third kappa shape index (κ3) is 5.18. The van der Waals surface area contributed by atoms with E-state index in [4.69, 9.17) is 9.15 Å². The van der Waals surface area contributed by atoms with Gasteiger partial charge in [0.2, 0.25) is 5.91 Å². The fourth-order valence-electron chi connectivity index (χ4n) is 3.49. The summed E-state index contributed by atoms with van der Waals surface area (Å²) in [7, 11) is 0. The van der Waals surface area contributed by atoms with Crippen molar-refractivity contribution in [2.45, 2.75) is 33.1 Å². The minimum absolute atomic E-state index is 0.0362. The maximum absolute atomic E-state index is 13.1. The molecule has 4 heterocycles. The maximum Gasteiger partial charge on any atom is 0.290 e. The molecule has 1 saturated heterocycles. The summed E-state index contributed by atoms with van der Waals surface area (Å²) >= 11 is 1.55. The molecule has 0 saturated carbocycles. The number of carbonyl (C=O) groups excluding carboxylic acids is 2. The van der Waals surface area contributed by atoms with Crippen LogP contribution in [0.5, 0.6) is 0 Å². The highest BCUT2D eigenvalue weighted by Crippen LogP contribution is 2.18. The molecule has 1 aliphatic heterocycles. The average molecular weight is 441 g/mol. The molecule has 2 amide bonds. The molecular weight excluding hydrogens is 416 g/mol. The summed E-state index contributed by atoms with van der Waals surface area (Å²) in [6.45, 7) is 5.03. The second kappa shape index (κ2) is 9.40. The molecule has 162 valence electrons. The molecule has 0 aromatic carbocycles. The second-order valence-electron chi connectivity index (χ2n) is 7.50. The third-order valence-electron chi connectivity index (χ3n) is 5.08. The van der Waals surface area contributed by atoms with Gasteiger partial charge in [-0.1, -0.05) is 6.07 Å². The number of hydrogen-bond donors (Lipinski definition) is 0. The molecule has 0 unspecified atom stereocenters. The van der Waals surface area contributed by atoms with Crippen LogP contribution in [0.15, 0.2) is 46.5 Å². The fraction of sp³-hybridized carbons (Fsp3) is 0.364. The molecule has 3 aromatic rings. The number of amides is 2. The van der Waals surface area contributed by atoms with Crippen molar-refractivity contribution in [3.05, 3.63) is 69.8 Å². The molecule has 31 heavy (non-hydrogen) atoms. The summed E-state index contributed by atoms with van der Waals surface area (Å²) in [4.78, 5) is 38.0. The van der Waals surface area contributed by atoms with Crippen molar-refractivity contribution in [3.8, 4) is 0 Å². The van der Waals surface area contributed by atoms with E-state index >= 15 is 0 Å². The van der Waals surface area contributed by atoms with Gasteiger partial charge in [-0.25, -0.2) is 4.98 Å². The molecule has 9 heteroatoms. The first-order chi connectivity index (χ1) is 15.0. The zero-order chi connectivity index (χ0) is 21.8. The van der Waals surface area contributed by atoms with Gasteiger partial charge in [0.05, 0.1) is 41.9 Å². The van der Waals surface area contributed by atoms with Crippen LogP contribution in [0.2, 0.25) is 0 Å². The largest absolute Gasteiger partial charge is 0.459 e. The van der Waals surface area contributed by atoms with E-state index in [1.165, 1.54) is 11.2 Å². The molecule has 0 spiro atoms. The first-order valence-corrected chi connectivity index (χ1v) is 10.9. The van der Waals surface area contributed by atoms with Crippen molar-refractivity contribution in [2.24, 2.45) is 0 Å². The van der Waals surface area contributed by atoms with Gasteiger partial charge in [0, 0.05) is 30.2 Å². The molecule has 0 bridgehead atoms. The van der Waals surface area contributed by atoms with Crippen LogP contribution in [0, 0.1) is 13.8 Å². The van der Waals surface area contributed by atoms with Gasteiger partial charge in [-0.2, -0.15) is 0 Å². The Morgan fingerprint density at radius 3 is 2.81 bits per heavy atom. The van der Waals surface area contributed by atoms with Crippen molar-refractivity contribution in [3.63, 3.8) is 0 Å². The van der Waals surface area contributed by atoms with Gasteiger partial charge in [0.1, 0.15) is 6.54 Å². The van der Waals surface area contributed by atoms with E-state index in [0.29, 0.717) is 19.7 Å². The van der Waals surface area contributed by atoms with E-state index < -0.39 is 0 Å². The van der Waals surface area contributed by atoms with Gasteiger partial charge in [-0.15, -0.1) is 11.3 Å². The van der Waals surface area contributed by atoms with Crippen molar-refractivity contribution in [1.82, 2.24) is 19.8 Å². The number of ether oxygens (including phenoxy) is 1. The smallest absolute Gasteiger partial charge is 0.290 e. The lowest BCUT2D eigenvalue weighted by molar-refractivity contribution is -0.132. The highest BCUT2D eigenvalue weighted by atomic mass is 32.1. The van der Waals surface area contributed by atoms with E-state index in [2.05, 4.69) is 9.97 Å². The Kier molecular flexibility index (Phi) is 6.43. The molecule has 1 fully saturated rings. The fourth-order valence-corrected chi connectivity index (χ4v) is 4.09. The zero-order valence-corrected chi connectivity index (χ0v) is 18.3. The summed E-state index contributed by atoms with van der Waals surface area (Å²) in [5, 5.41) is 2.90. The van der Waals surface area contributed by atoms with Crippen LogP contribution in [0.1, 0.15) is 32.5 Å². The molecule has 1 aliphatic rings. The molecular formula is C22H24N4O4S. The minimum atomic E-state index is -0.368. The van der Waals surface area contributed by atoms with E-state index in [-0.39, 0.29) is 36.8 Å². The van der Waals surface area contributed by atoms with Gasteiger partial charge in [-0.3, -0.25) is 14.6 Å². The van der Waals surface area contributed by atoms with Gasteiger partial charge < -0.3 is 19.0 Å². The van der Waals surface area contributed by atoms with E-state index in [0.717, 1.165) is 22.0 Å². The van der Waals surface area contributed by atoms with Crippen LogP contribution in [0.25, 0.3) is 0 Å². The van der Waals surface area contributed by atoms with E-state index in [1.54, 1.807) is 28.5 Å². The summed E-state index contributed by atoms with van der Waals surface area (Å²) < 4.78 is 11.5. The number of rotatable bonds is 6. The predicted molar refractivity (Wildman–Crippen MR) is 114 cm³/mol. The predicted octanol–water partition coefficient (Wildman–Crippen LogP) is 2.82. The summed E-state index contributed by atoms with van der Waals surface area (Å²) in [5.74, 6) is -0.208. The molecule has 3 aromatic heterocycles. The van der Waals surface area contributed by atoms with Gasteiger partial charge in [0.25, 0.3) is 5.91 Å². The van der Waals surface area contributed by atoms with Crippen molar-refractivity contribution < 1.29 is 18.7 Å². The topological polar surface area (TPSA) is 88.8 Å². The summed E-state index contributed by atoms with van der Waals surface area (Å²) in [5.41, 5.74) is 2.36. The van der Waals surface area contributed by atoms with Crippen molar-refractivity contribution >= 4 is 23.2 Å². The summed E-state index contributed by atoms with van der Waals surface area (Å²) in [6, 6.07) is 7.36. The molecule has 0 radical (unpaired) electrons. The lowest BCUT2D eigenvalue weighted by Gasteiger charge is -2.24. The Bertz CT molecular complexity index is 1050. The highest BCUT2D eigenvalue weighted by Gasteiger charge is 2.33. The maximum atomic E-state index is 13.1. The van der Waals surface area contributed by atoms with Gasteiger partial charge >= 0.3 is 0 Å².